The molecule has 5 nitrogen and oxygen atoms in total. The third kappa shape index (κ3) is 2.75. The summed E-state index contributed by atoms with van der Waals surface area (Å²) in [4.78, 5) is 16.6. The van der Waals surface area contributed by atoms with Crippen LogP contribution in [0.4, 0.5) is 0 Å². The Morgan fingerprint density at radius 3 is 2.67 bits per heavy atom. The summed E-state index contributed by atoms with van der Waals surface area (Å²) in [6, 6.07) is 15.5. The summed E-state index contributed by atoms with van der Waals surface area (Å²) in [6.45, 7) is 0. The Balaban J connectivity index is 1.54. The molecule has 116 valence electrons. The van der Waals surface area contributed by atoms with Crippen LogP contribution in [0.15, 0.2) is 79.4 Å². The van der Waals surface area contributed by atoms with Gasteiger partial charge in [-0.05, 0) is 36.4 Å². The monoisotopic (exact) mass is 314 g/mol. The SMILES string of the molecule is O=C(/C=C/c1cnn(-c2ccccc2)c1)c1cn2ccccc2n1. The second-order valence-corrected chi connectivity index (χ2v) is 5.34. The Morgan fingerprint density at radius 2 is 1.83 bits per heavy atom. The number of fused-ring (bicyclic) bond motifs is 1. The number of carbonyl (C=O) groups excluding carboxylic acids is 1. The second kappa shape index (κ2) is 5.96. The van der Waals surface area contributed by atoms with Crippen LogP contribution in [0, 0.1) is 0 Å². The number of para-hydroxylation sites is 1. The quantitative estimate of drug-likeness (QED) is 0.428. The maximum absolute atomic E-state index is 12.3. The molecule has 3 heterocycles. The number of allylic oxidation sites excluding steroid dienone is 1. The van der Waals surface area contributed by atoms with Crippen LogP contribution in [0.3, 0.4) is 0 Å². The van der Waals surface area contributed by atoms with Crippen LogP contribution in [0.25, 0.3) is 17.4 Å². The van der Waals surface area contributed by atoms with E-state index in [1.54, 1.807) is 23.2 Å². The summed E-state index contributed by atoms with van der Waals surface area (Å²) >= 11 is 0. The van der Waals surface area contributed by atoms with Crippen LogP contribution in [0.1, 0.15) is 16.1 Å². The summed E-state index contributed by atoms with van der Waals surface area (Å²) < 4.78 is 3.60. The van der Waals surface area contributed by atoms with E-state index in [0.717, 1.165) is 16.9 Å². The minimum absolute atomic E-state index is 0.133. The Kier molecular flexibility index (Phi) is 3.51. The Labute approximate surface area is 138 Å². The Morgan fingerprint density at radius 1 is 1.00 bits per heavy atom. The number of nitrogens with zero attached hydrogens (tertiary/aromatic N) is 4. The summed E-state index contributed by atoms with van der Waals surface area (Å²) in [5, 5.41) is 4.31. The summed E-state index contributed by atoms with van der Waals surface area (Å²) in [5.74, 6) is -0.133. The first-order valence-electron chi connectivity index (χ1n) is 7.56. The van der Waals surface area contributed by atoms with Gasteiger partial charge < -0.3 is 4.40 Å². The highest BCUT2D eigenvalue weighted by Gasteiger charge is 2.07. The second-order valence-electron chi connectivity index (χ2n) is 5.34. The van der Waals surface area contributed by atoms with Gasteiger partial charge in [0.25, 0.3) is 0 Å². The predicted molar refractivity (Wildman–Crippen MR) is 92.1 cm³/mol. The molecule has 4 rings (SSSR count). The minimum atomic E-state index is -0.133. The molecule has 0 radical (unpaired) electrons. The molecule has 0 aliphatic rings. The van der Waals surface area contributed by atoms with Gasteiger partial charge in [0.2, 0.25) is 5.78 Å². The molecule has 3 aromatic heterocycles. The third-order valence-electron chi connectivity index (χ3n) is 3.67. The highest BCUT2D eigenvalue weighted by atomic mass is 16.1. The molecule has 24 heavy (non-hydrogen) atoms. The van der Waals surface area contributed by atoms with Crippen LogP contribution in [0.5, 0.6) is 0 Å². The van der Waals surface area contributed by atoms with Crippen LogP contribution >= 0.6 is 0 Å². The van der Waals surface area contributed by atoms with Crippen LogP contribution in [-0.4, -0.2) is 24.9 Å². The maximum atomic E-state index is 12.3. The molecule has 0 spiro atoms. The Hall–Kier alpha value is -3.47. The molecule has 4 aromatic rings. The molecule has 0 atom stereocenters. The first kappa shape index (κ1) is 14.1. The van der Waals surface area contributed by atoms with Crippen LogP contribution in [-0.2, 0) is 0 Å². The third-order valence-corrected chi connectivity index (χ3v) is 3.67. The van der Waals surface area contributed by atoms with Gasteiger partial charge in [0, 0.05) is 24.2 Å². The average molecular weight is 314 g/mol. The molecule has 0 bridgehead atoms. The van der Waals surface area contributed by atoms with Crippen molar-refractivity contribution in [1.82, 2.24) is 19.2 Å². The fraction of sp³-hybridized carbons (Fsp3) is 0. The van der Waals surface area contributed by atoms with Crippen molar-refractivity contribution in [3.8, 4) is 5.69 Å². The summed E-state index contributed by atoms with van der Waals surface area (Å²) in [6.07, 6.45) is 10.5. The zero-order chi connectivity index (χ0) is 16.4. The van der Waals surface area contributed by atoms with Crippen molar-refractivity contribution in [2.75, 3.05) is 0 Å². The highest BCUT2D eigenvalue weighted by Crippen LogP contribution is 2.10. The molecule has 0 aliphatic carbocycles. The average Bonchev–Trinajstić information content (AvgIpc) is 3.27. The van der Waals surface area contributed by atoms with E-state index >= 15 is 0 Å². The molecular weight excluding hydrogens is 300 g/mol. The van der Waals surface area contributed by atoms with Gasteiger partial charge in [0.15, 0.2) is 0 Å². The number of hydrogen-bond donors (Lipinski definition) is 0. The molecule has 0 saturated carbocycles. The highest BCUT2D eigenvalue weighted by molar-refractivity contribution is 6.05. The van der Waals surface area contributed by atoms with Gasteiger partial charge in [-0.3, -0.25) is 4.79 Å². The fourth-order valence-electron chi connectivity index (χ4n) is 2.46. The molecule has 1 aromatic carbocycles. The predicted octanol–water partition coefficient (Wildman–Crippen LogP) is 3.42. The first-order chi connectivity index (χ1) is 11.8. The van der Waals surface area contributed by atoms with Gasteiger partial charge in [0.1, 0.15) is 11.3 Å². The lowest BCUT2D eigenvalue weighted by molar-refractivity contribution is 0.104. The van der Waals surface area contributed by atoms with E-state index in [-0.39, 0.29) is 5.78 Å². The van der Waals surface area contributed by atoms with E-state index in [0.29, 0.717) is 5.69 Å². The van der Waals surface area contributed by atoms with E-state index in [2.05, 4.69) is 10.1 Å². The summed E-state index contributed by atoms with van der Waals surface area (Å²) in [7, 11) is 0. The molecule has 0 saturated heterocycles. The normalized spacial score (nSPS) is 11.3. The van der Waals surface area contributed by atoms with Crippen molar-refractivity contribution in [3.63, 3.8) is 0 Å². The zero-order valence-electron chi connectivity index (χ0n) is 12.8. The number of ketones is 1. The minimum Gasteiger partial charge on any atom is -0.306 e. The number of imidazole rings is 1. The number of rotatable bonds is 4. The van der Waals surface area contributed by atoms with Crippen molar-refractivity contribution in [1.29, 1.82) is 0 Å². The summed E-state index contributed by atoms with van der Waals surface area (Å²) in [5.41, 5.74) is 3.01. The van der Waals surface area contributed by atoms with Crippen molar-refractivity contribution in [2.24, 2.45) is 0 Å². The standard InChI is InChI=1S/C19H14N4O/c24-18(17-14-22-11-5-4-8-19(22)21-17)10-9-15-12-20-23(13-15)16-6-2-1-3-7-16/h1-14H/b10-9+. The number of hydrogen-bond acceptors (Lipinski definition) is 3. The topological polar surface area (TPSA) is 52.2 Å². The molecule has 0 N–H and O–H groups in total. The van der Waals surface area contributed by atoms with E-state index in [9.17, 15) is 4.79 Å². The van der Waals surface area contributed by atoms with Crippen molar-refractivity contribution >= 4 is 17.5 Å². The van der Waals surface area contributed by atoms with Crippen LogP contribution in [0.2, 0.25) is 0 Å². The largest absolute Gasteiger partial charge is 0.306 e. The number of pyridine rings is 1. The van der Waals surface area contributed by atoms with Gasteiger partial charge in [-0.15, -0.1) is 0 Å². The lowest BCUT2D eigenvalue weighted by atomic mass is 10.2. The Bertz CT molecular complexity index is 995. The zero-order valence-corrected chi connectivity index (χ0v) is 12.8. The first-order valence-corrected chi connectivity index (χ1v) is 7.56. The van der Waals surface area contributed by atoms with Crippen molar-refractivity contribution in [3.05, 3.63) is 90.7 Å². The molecule has 0 fully saturated rings. The van der Waals surface area contributed by atoms with Crippen molar-refractivity contribution in [2.45, 2.75) is 0 Å². The van der Waals surface area contributed by atoms with E-state index in [1.807, 2.05) is 65.3 Å². The van der Waals surface area contributed by atoms with Gasteiger partial charge in [-0.1, -0.05) is 24.3 Å². The molecule has 0 unspecified atom stereocenters. The van der Waals surface area contributed by atoms with Gasteiger partial charge in [0.05, 0.1) is 11.9 Å². The fourth-order valence-corrected chi connectivity index (χ4v) is 2.46. The molecule has 0 amide bonds. The lowest BCUT2D eigenvalue weighted by Crippen LogP contribution is -1.93. The van der Waals surface area contributed by atoms with Gasteiger partial charge >= 0.3 is 0 Å². The van der Waals surface area contributed by atoms with E-state index in [1.165, 1.54) is 6.08 Å². The lowest BCUT2D eigenvalue weighted by Gasteiger charge is -1.98. The van der Waals surface area contributed by atoms with Crippen molar-refractivity contribution < 1.29 is 4.79 Å². The molecule has 5 heteroatoms. The number of carbonyl (C=O) groups is 1. The smallest absolute Gasteiger partial charge is 0.205 e. The van der Waals surface area contributed by atoms with E-state index < -0.39 is 0 Å². The maximum Gasteiger partial charge on any atom is 0.205 e. The van der Waals surface area contributed by atoms with Gasteiger partial charge in [-0.2, -0.15) is 5.10 Å². The van der Waals surface area contributed by atoms with Crippen LogP contribution < -0.4 is 0 Å². The van der Waals surface area contributed by atoms with E-state index in [4.69, 9.17) is 0 Å². The van der Waals surface area contributed by atoms with Gasteiger partial charge in [-0.25, -0.2) is 9.67 Å². The molecule has 0 aliphatic heterocycles. The molecular formula is C19H14N4O. The number of benzene rings is 1. The number of aromatic nitrogens is 4.